The lowest BCUT2D eigenvalue weighted by molar-refractivity contribution is -0.105. The molecule has 0 aromatic rings. The van der Waals surface area contributed by atoms with Gasteiger partial charge < -0.3 is 5.32 Å². The predicted octanol–water partition coefficient (Wildman–Crippen LogP) is 0.0176. The Kier molecular flexibility index (Phi) is 1.80. The third-order valence-electron chi connectivity index (χ3n) is 0.799. The Hall–Kier alpha value is -1.38. The van der Waals surface area contributed by atoms with Gasteiger partial charge in [-0.1, -0.05) is 0 Å². The number of rotatable bonds is 1. The molecule has 0 saturated carbocycles. The molecule has 0 fully saturated rings. The van der Waals surface area contributed by atoms with Crippen molar-refractivity contribution in [2.24, 2.45) is 4.99 Å². The van der Waals surface area contributed by atoms with Gasteiger partial charge in [0.25, 0.3) is 0 Å². The van der Waals surface area contributed by atoms with Crippen LogP contribution in [-0.4, -0.2) is 12.5 Å². The van der Waals surface area contributed by atoms with Gasteiger partial charge in [-0.3, -0.25) is 9.79 Å². The number of hydrogen-bond donors (Lipinski definition) is 1. The molecule has 0 aliphatic carbocycles. The number of nitrogens with zero attached hydrogens (tertiary/aromatic N) is 1. The topological polar surface area (TPSA) is 41.5 Å². The lowest BCUT2D eigenvalue weighted by atomic mass is 10.5. The van der Waals surface area contributed by atoms with Crippen LogP contribution in [0.3, 0.4) is 0 Å². The molecule has 3 nitrogen and oxygen atoms in total. The van der Waals surface area contributed by atoms with Crippen molar-refractivity contribution in [3.8, 4) is 0 Å². The molecule has 0 spiro atoms. The van der Waals surface area contributed by atoms with Gasteiger partial charge in [0, 0.05) is 12.4 Å². The lowest BCUT2D eigenvalue weighted by Crippen LogP contribution is -2.04. The molecule has 0 amide bonds. The Balaban J connectivity index is 2.73. The van der Waals surface area contributed by atoms with Crippen molar-refractivity contribution in [1.82, 2.24) is 5.32 Å². The van der Waals surface area contributed by atoms with Gasteiger partial charge in [0.05, 0.1) is 0 Å². The van der Waals surface area contributed by atoms with E-state index in [9.17, 15) is 4.79 Å². The Bertz CT molecular complexity index is 191. The van der Waals surface area contributed by atoms with E-state index in [1.807, 2.05) is 0 Å². The van der Waals surface area contributed by atoms with E-state index in [4.69, 9.17) is 0 Å². The number of aliphatic imine (C=N–C) groups is 1. The first-order valence-electron chi connectivity index (χ1n) is 2.46. The highest BCUT2D eigenvalue weighted by atomic mass is 16.1. The minimum Gasteiger partial charge on any atom is -0.357 e. The fourth-order valence-electron chi connectivity index (χ4n) is 0.423. The highest BCUT2D eigenvalue weighted by molar-refractivity contribution is 5.76. The van der Waals surface area contributed by atoms with Gasteiger partial charge >= 0.3 is 0 Å². The van der Waals surface area contributed by atoms with Gasteiger partial charge in [0.15, 0.2) is 6.29 Å². The van der Waals surface area contributed by atoms with E-state index in [1.54, 1.807) is 18.5 Å². The SMILES string of the molecule is O=CC1=[C]N=CC=CN1. The third-order valence-corrected chi connectivity index (χ3v) is 0.799. The molecule has 0 aromatic heterocycles. The summed E-state index contributed by atoms with van der Waals surface area (Å²) in [5, 5.41) is 2.66. The standard InChI is InChI=1S/C6H5N2O/c9-5-6-4-7-2-1-3-8-6/h1-3,5,8H. The van der Waals surface area contributed by atoms with Crippen LogP contribution in [0.5, 0.6) is 0 Å². The van der Waals surface area contributed by atoms with Crippen LogP contribution < -0.4 is 5.32 Å². The molecule has 1 N–H and O–H groups in total. The Labute approximate surface area is 52.8 Å². The van der Waals surface area contributed by atoms with E-state index in [2.05, 4.69) is 16.5 Å². The minimum atomic E-state index is 0.347. The monoisotopic (exact) mass is 121 g/mol. The van der Waals surface area contributed by atoms with Crippen LogP contribution in [0.25, 0.3) is 0 Å². The fourth-order valence-corrected chi connectivity index (χ4v) is 0.423. The summed E-state index contributed by atoms with van der Waals surface area (Å²) in [5.74, 6) is 0. The summed E-state index contributed by atoms with van der Waals surface area (Å²) < 4.78 is 0. The zero-order valence-corrected chi connectivity index (χ0v) is 4.66. The number of allylic oxidation sites excluding steroid dienone is 2. The van der Waals surface area contributed by atoms with Crippen molar-refractivity contribution in [3.63, 3.8) is 0 Å². The maximum atomic E-state index is 10.0. The van der Waals surface area contributed by atoms with Crippen molar-refractivity contribution >= 4 is 12.5 Å². The van der Waals surface area contributed by atoms with E-state index in [-0.39, 0.29) is 0 Å². The zero-order chi connectivity index (χ0) is 6.53. The molecule has 0 bridgehead atoms. The third kappa shape index (κ3) is 1.53. The summed E-state index contributed by atoms with van der Waals surface area (Å²) in [7, 11) is 0. The second-order valence-corrected chi connectivity index (χ2v) is 1.42. The first-order chi connectivity index (χ1) is 4.43. The molecule has 3 heteroatoms. The second kappa shape index (κ2) is 2.81. The molecule has 1 heterocycles. The molecule has 0 aromatic carbocycles. The molecule has 1 aliphatic rings. The summed E-state index contributed by atoms with van der Waals surface area (Å²) in [5.41, 5.74) is 0.347. The number of carbonyl (C=O) groups excluding carboxylic acids is 1. The molecule has 0 saturated heterocycles. The van der Waals surface area contributed by atoms with E-state index in [0.717, 1.165) is 0 Å². The summed E-state index contributed by atoms with van der Waals surface area (Å²) in [6.07, 6.45) is 7.98. The van der Waals surface area contributed by atoms with E-state index >= 15 is 0 Å². The van der Waals surface area contributed by atoms with Gasteiger partial charge in [-0.25, -0.2) is 0 Å². The van der Waals surface area contributed by atoms with Crippen molar-refractivity contribution in [3.05, 3.63) is 24.2 Å². The molecule has 1 aliphatic heterocycles. The number of carbonyl (C=O) groups is 1. The maximum absolute atomic E-state index is 10.0. The Morgan fingerprint density at radius 3 is 3.44 bits per heavy atom. The highest BCUT2D eigenvalue weighted by Gasteiger charge is 1.89. The highest BCUT2D eigenvalue weighted by Crippen LogP contribution is 1.85. The van der Waals surface area contributed by atoms with Crippen LogP contribution >= 0.6 is 0 Å². The summed E-state index contributed by atoms with van der Waals surface area (Å²) in [4.78, 5) is 13.7. The van der Waals surface area contributed by atoms with Gasteiger partial charge in [-0.2, -0.15) is 0 Å². The molecule has 1 radical (unpaired) electrons. The van der Waals surface area contributed by atoms with Crippen LogP contribution in [0.15, 0.2) is 23.0 Å². The molecule has 0 atom stereocenters. The quantitative estimate of drug-likeness (QED) is 0.497. The maximum Gasteiger partial charge on any atom is 0.168 e. The molecule has 45 valence electrons. The largest absolute Gasteiger partial charge is 0.357 e. The molecular formula is C6H5N2O. The van der Waals surface area contributed by atoms with E-state index < -0.39 is 0 Å². The van der Waals surface area contributed by atoms with E-state index in [1.165, 1.54) is 0 Å². The molecule has 9 heavy (non-hydrogen) atoms. The summed E-state index contributed by atoms with van der Waals surface area (Å²) in [6, 6.07) is 0. The number of aldehydes is 1. The van der Waals surface area contributed by atoms with Crippen molar-refractivity contribution in [2.45, 2.75) is 0 Å². The second-order valence-electron chi connectivity index (χ2n) is 1.42. The number of hydrogen-bond acceptors (Lipinski definition) is 3. The first kappa shape index (κ1) is 5.75. The molecular weight excluding hydrogens is 116 g/mol. The summed E-state index contributed by atoms with van der Waals surface area (Å²) >= 11 is 0. The predicted molar refractivity (Wildman–Crippen MR) is 33.6 cm³/mol. The first-order valence-corrected chi connectivity index (χ1v) is 2.46. The van der Waals surface area contributed by atoms with Crippen molar-refractivity contribution < 1.29 is 4.79 Å². The normalized spacial score (nSPS) is 15.8. The van der Waals surface area contributed by atoms with Crippen LogP contribution in [0.1, 0.15) is 0 Å². The van der Waals surface area contributed by atoms with Crippen molar-refractivity contribution in [2.75, 3.05) is 0 Å². The van der Waals surface area contributed by atoms with Gasteiger partial charge in [-0.15, -0.1) is 0 Å². The van der Waals surface area contributed by atoms with Crippen LogP contribution in [0, 0.1) is 6.20 Å². The van der Waals surface area contributed by atoms with Crippen LogP contribution in [-0.2, 0) is 4.79 Å². The smallest absolute Gasteiger partial charge is 0.168 e. The zero-order valence-electron chi connectivity index (χ0n) is 4.66. The Morgan fingerprint density at radius 2 is 2.67 bits per heavy atom. The van der Waals surface area contributed by atoms with E-state index in [0.29, 0.717) is 12.0 Å². The minimum absolute atomic E-state index is 0.347. The van der Waals surface area contributed by atoms with Gasteiger partial charge in [0.1, 0.15) is 11.9 Å². The molecule has 0 unspecified atom stereocenters. The van der Waals surface area contributed by atoms with Gasteiger partial charge in [-0.05, 0) is 6.08 Å². The van der Waals surface area contributed by atoms with Crippen LogP contribution in [0.2, 0.25) is 0 Å². The average Bonchev–Trinajstić information content (AvgIpc) is 2.13. The van der Waals surface area contributed by atoms with Crippen LogP contribution in [0.4, 0.5) is 0 Å². The van der Waals surface area contributed by atoms with Gasteiger partial charge in [0.2, 0.25) is 0 Å². The average molecular weight is 121 g/mol. The Morgan fingerprint density at radius 1 is 1.78 bits per heavy atom. The van der Waals surface area contributed by atoms with Crippen molar-refractivity contribution in [1.29, 1.82) is 0 Å². The summed E-state index contributed by atoms with van der Waals surface area (Å²) in [6.45, 7) is 0. The number of nitrogens with one attached hydrogen (secondary N) is 1. The lowest BCUT2D eigenvalue weighted by Gasteiger charge is -1.90. The molecule has 1 rings (SSSR count). The fraction of sp³-hybridized carbons (Fsp3) is 0.